The van der Waals surface area contributed by atoms with Crippen molar-refractivity contribution in [2.75, 3.05) is 14.2 Å². The van der Waals surface area contributed by atoms with Crippen molar-refractivity contribution in [3.8, 4) is 22.9 Å². The first-order valence-electron chi connectivity index (χ1n) is 6.90. The van der Waals surface area contributed by atoms with Gasteiger partial charge in [-0.25, -0.2) is 4.79 Å². The van der Waals surface area contributed by atoms with Gasteiger partial charge in [0.25, 0.3) is 5.89 Å². The Morgan fingerprint density at radius 1 is 1.22 bits per heavy atom. The van der Waals surface area contributed by atoms with Crippen LogP contribution in [0, 0.1) is 0 Å². The summed E-state index contributed by atoms with van der Waals surface area (Å²) in [6, 6.07) is 5.27. The standard InChI is InChI=1S/C16H18N2O5/c1-10(2)7-15(19)22-9-14-17-16(18-23-14)11-5-6-12(20-3)13(8-11)21-4/h5-8H,9H2,1-4H3. The van der Waals surface area contributed by atoms with Crippen molar-refractivity contribution >= 4 is 5.97 Å². The number of carbonyl (C=O) groups excluding carboxylic acids is 1. The Hall–Kier alpha value is -2.83. The summed E-state index contributed by atoms with van der Waals surface area (Å²) in [4.78, 5) is 15.6. The minimum absolute atomic E-state index is 0.0805. The molecule has 1 aromatic heterocycles. The fourth-order valence-corrected chi connectivity index (χ4v) is 1.82. The molecule has 0 bridgehead atoms. The van der Waals surface area contributed by atoms with Crippen LogP contribution in [0.15, 0.2) is 34.4 Å². The molecule has 23 heavy (non-hydrogen) atoms. The summed E-state index contributed by atoms with van der Waals surface area (Å²) in [7, 11) is 3.11. The van der Waals surface area contributed by atoms with Crippen LogP contribution in [-0.2, 0) is 16.1 Å². The molecule has 1 aromatic carbocycles. The van der Waals surface area contributed by atoms with Gasteiger partial charge in [0.05, 0.1) is 14.2 Å². The highest BCUT2D eigenvalue weighted by Crippen LogP contribution is 2.31. The molecule has 0 atom stereocenters. The van der Waals surface area contributed by atoms with Crippen molar-refractivity contribution in [3.05, 3.63) is 35.7 Å². The monoisotopic (exact) mass is 318 g/mol. The number of allylic oxidation sites excluding steroid dienone is 1. The van der Waals surface area contributed by atoms with Crippen LogP contribution >= 0.6 is 0 Å². The van der Waals surface area contributed by atoms with E-state index in [1.807, 2.05) is 13.8 Å². The van der Waals surface area contributed by atoms with Gasteiger partial charge < -0.3 is 18.7 Å². The zero-order valence-corrected chi connectivity index (χ0v) is 13.5. The third-order valence-corrected chi connectivity index (χ3v) is 2.85. The van der Waals surface area contributed by atoms with Gasteiger partial charge in [-0.15, -0.1) is 0 Å². The van der Waals surface area contributed by atoms with Gasteiger partial charge in [0.15, 0.2) is 18.1 Å². The van der Waals surface area contributed by atoms with E-state index in [0.29, 0.717) is 22.9 Å². The highest BCUT2D eigenvalue weighted by Gasteiger charge is 2.13. The largest absolute Gasteiger partial charge is 0.493 e. The summed E-state index contributed by atoms with van der Waals surface area (Å²) in [5.41, 5.74) is 1.56. The van der Waals surface area contributed by atoms with Crippen LogP contribution < -0.4 is 9.47 Å². The SMILES string of the molecule is COc1ccc(-c2noc(COC(=O)C=C(C)C)n2)cc1OC. The van der Waals surface area contributed by atoms with Gasteiger partial charge in [0.1, 0.15) is 0 Å². The number of benzene rings is 1. The maximum Gasteiger partial charge on any atom is 0.331 e. The van der Waals surface area contributed by atoms with Crippen LogP contribution in [-0.4, -0.2) is 30.3 Å². The highest BCUT2D eigenvalue weighted by molar-refractivity contribution is 5.82. The molecule has 0 spiro atoms. The van der Waals surface area contributed by atoms with E-state index in [1.54, 1.807) is 32.4 Å². The van der Waals surface area contributed by atoms with Crippen molar-refractivity contribution in [1.29, 1.82) is 0 Å². The number of esters is 1. The van der Waals surface area contributed by atoms with Crippen LogP contribution in [0.25, 0.3) is 11.4 Å². The number of carbonyl (C=O) groups is 1. The first kappa shape index (κ1) is 16.5. The molecule has 0 aliphatic rings. The van der Waals surface area contributed by atoms with Gasteiger partial charge in [0, 0.05) is 11.6 Å². The second-order valence-electron chi connectivity index (χ2n) is 4.91. The minimum atomic E-state index is -0.448. The molecule has 0 amide bonds. The lowest BCUT2D eigenvalue weighted by molar-refractivity contribution is -0.139. The number of aromatic nitrogens is 2. The zero-order valence-electron chi connectivity index (χ0n) is 13.5. The van der Waals surface area contributed by atoms with Crippen molar-refractivity contribution in [2.24, 2.45) is 0 Å². The molecule has 0 aliphatic heterocycles. The van der Waals surface area contributed by atoms with E-state index in [2.05, 4.69) is 10.1 Å². The molecule has 7 heteroatoms. The number of ether oxygens (including phenoxy) is 3. The van der Waals surface area contributed by atoms with Crippen molar-refractivity contribution < 1.29 is 23.5 Å². The molecule has 0 radical (unpaired) electrons. The maximum atomic E-state index is 11.4. The predicted octanol–water partition coefficient (Wildman–Crippen LogP) is 2.76. The van der Waals surface area contributed by atoms with Crippen LogP contribution in [0.1, 0.15) is 19.7 Å². The highest BCUT2D eigenvalue weighted by atomic mass is 16.6. The van der Waals surface area contributed by atoms with E-state index in [9.17, 15) is 4.79 Å². The van der Waals surface area contributed by atoms with E-state index < -0.39 is 5.97 Å². The third-order valence-electron chi connectivity index (χ3n) is 2.85. The van der Waals surface area contributed by atoms with Crippen LogP contribution in [0.2, 0.25) is 0 Å². The topological polar surface area (TPSA) is 83.7 Å². The molecular formula is C16H18N2O5. The Bertz CT molecular complexity index is 717. The predicted molar refractivity (Wildman–Crippen MR) is 82.1 cm³/mol. The molecule has 122 valence electrons. The van der Waals surface area contributed by atoms with Crippen molar-refractivity contribution in [2.45, 2.75) is 20.5 Å². The van der Waals surface area contributed by atoms with Gasteiger partial charge in [0.2, 0.25) is 5.82 Å². The van der Waals surface area contributed by atoms with Gasteiger partial charge in [-0.1, -0.05) is 10.7 Å². The van der Waals surface area contributed by atoms with Gasteiger partial charge >= 0.3 is 5.97 Å². The molecular weight excluding hydrogens is 300 g/mol. The fourth-order valence-electron chi connectivity index (χ4n) is 1.82. The number of hydrogen-bond acceptors (Lipinski definition) is 7. The molecule has 0 N–H and O–H groups in total. The minimum Gasteiger partial charge on any atom is -0.493 e. The smallest absolute Gasteiger partial charge is 0.331 e. The van der Waals surface area contributed by atoms with Crippen LogP contribution in [0.5, 0.6) is 11.5 Å². The molecule has 0 unspecified atom stereocenters. The second kappa shape index (κ2) is 7.44. The van der Waals surface area contributed by atoms with Crippen LogP contribution in [0.4, 0.5) is 0 Å². The lowest BCUT2D eigenvalue weighted by Gasteiger charge is -2.07. The summed E-state index contributed by atoms with van der Waals surface area (Å²) < 4.78 is 20.5. The lowest BCUT2D eigenvalue weighted by Crippen LogP contribution is -2.01. The Labute approximate surface area is 133 Å². The summed E-state index contributed by atoms with van der Waals surface area (Å²) in [5.74, 6) is 1.31. The summed E-state index contributed by atoms with van der Waals surface area (Å²) >= 11 is 0. The fraction of sp³-hybridized carbons (Fsp3) is 0.312. The molecule has 0 aliphatic carbocycles. The summed E-state index contributed by atoms with van der Waals surface area (Å²) in [6.07, 6.45) is 1.39. The molecule has 0 saturated carbocycles. The van der Waals surface area contributed by atoms with E-state index in [1.165, 1.54) is 6.08 Å². The number of nitrogens with zero attached hydrogens (tertiary/aromatic N) is 2. The molecule has 1 heterocycles. The Kier molecular flexibility index (Phi) is 5.35. The summed E-state index contributed by atoms with van der Waals surface area (Å²) in [5, 5.41) is 3.87. The molecule has 7 nitrogen and oxygen atoms in total. The normalized spacial score (nSPS) is 10.1. The molecule has 0 fully saturated rings. The van der Waals surface area contributed by atoms with Crippen molar-refractivity contribution in [1.82, 2.24) is 10.1 Å². The van der Waals surface area contributed by atoms with E-state index in [4.69, 9.17) is 18.7 Å². The molecule has 2 rings (SSSR count). The maximum absolute atomic E-state index is 11.4. The third kappa shape index (κ3) is 4.32. The average Bonchev–Trinajstić information content (AvgIpc) is 3.00. The quantitative estimate of drug-likeness (QED) is 0.598. The van der Waals surface area contributed by atoms with E-state index in [0.717, 1.165) is 5.57 Å². The van der Waals surface area contributed by atoms with E-state index >= 15 is 0 Å². The van der Waals surface area contributed by atoms with Gasteiger partial charge in [-0.3, -0.25) is 0 Å². The number of hydrogen-bond donors (Lipinski definition) is 0. The van der Waals surface area contributed by atoms with Gasteiger partial charge in [-0.2, -0.15) is 4.98 Å². The van der Waals surface area contributed by atoms with Crippen LogP contribution in [0.3, 0.4) is 0 Å². The number of methoxy groups -OCH3 is 2. The number of rotatable bonds is 6. The first-order valence-corrected chi connectivity index (χ1v) is 6.90. The average molecular weight is 318 g/mol. The summed E-state index contributed by atoms with van der Waals surface area (Å²) in [6.45, 7) is 3.54. The lowest BCUT2D eigenvalue weighted by atomic mass is 10.2. The molecule has 2 aromatic rings. The Morgan fingerprint density at radius 3 is 2.61 bits per heavy atom. The Morgan fingerprint density at radius 2 is 1.96 bits per heavy atom. The Balaban J connectivity index is 2.10. The zero-order chi connectivity index (χ0) is 16.8. The van der Waals surface area contributed by atoms with E-state index in [-0.39, 0.29) is 12.5 Å². The molecule has 0 saturated heterocycles. The van der Waals surface area contributed by atoms with Crippen molar-refractivity contribution in [3.63, 3.8) is 0 Å². The second-order valence-corrected chi connectivity index (χ2v) is 4.91. The van der Waals surface area contributed by atoms with Gasteiger partial charge in [-0.05, 0) is 32.0 Å². The first-order chi connectivity index (χ1) is 11.0.